The van der Waals surface area contributed by atoms with Crippen molar-refractivity contribution in [2.24, 2.45) is 5.10 Å². The summed E-state index contributed by atoms with van der Waals surface area (Å²) in [5.41, 5.74) is 6.16. The minimum Gasteiger partial charge on any atom is -0.316 e. The summed E-state index contributed by atoms with van der Waals surface area (Å²) in [6.45, 7) is 5.37. The Hall–Kier alpha value is -3.16. The molecular formula is C21H18Cl2N4O3. The van der Waals surface area contributed by atoms with Crippen LogP contribution in [0.25, 0.3) is 5.69 Å². The van der Waals surface area contributed by atoms with Crippen LogP contribution in [0.1, 0.15) is 32.9 Å². The summed E-state index contributed by atoms with van der Waals surface area (Å²) in [5, 5.41) is 16.1. The molecule has 1 N–H and O–H groups in total. The number of hydrogen-bond donors (Lipinski definition) is 1. The Morgan fingerprint density at radius 2 is 1.90 bits per heavy atom. The van der Waals surface area contributed by atoms with Gasteiger partial charge in [0.25, 0.3) is 11.6 Å². The van der Waals surface area contributed by atoms with Gasteiger partial charge in [0.15, 0.2) is 0 Å². The van der Waals surface area contributed by atoms with Crippen LogP contribution >= 0.6 is 23.2 Å². The predicted molar refractivity (Wildman–Crippen MR) is 118 cm³/mol. The minimum absolute atomic E-state index is 0.116. The summed E-state index contributed by atoms with van der Waals surface area (Å²) in [6, 6.07) is 11.5. The molecule has 7 nitrogen and oxygen atoms in total. The van der Waals surface area contributed by atoms with Crippen LogP contribution in [-0.4, -0.2) is 21.6 Å². The van der Waals surface area contributed by atoms with Crippen molar-refractivity contribution in [3.05, 3.63) is 90.7 Å². The number of halogens is 2. The summed E-state index contributed by atoms with van der Waals surface area (Å²) in [4.78, 5) is 22.9. The van der Waals surface area contributed by atoms with Crippen LogP contribution in [-0.2, 0) is 0 Å². The van der Waals surface area contributed by atoms with Crippen LogP contribution in [0.3, 0.4) is 0 Å². The van der Waals surface area contributed by atoms with Crippen LogP contribution < -0.4 is 5.43 Å². The van der Waals surface area contributed by atoms with Crippen LogP contribution in [0.15, 0.2) is 47.6 Å². The monoisotopic (exact) mass is 444 g/mol. The molecule has 0 aliphatic rings. The van der Waals surface area contributed by atoms with Crippen LogP contribution in [0.4, 0.5) is 5.69 Å². The van der Waals surface area contributed by atoms with E-state index in [0.29, 0.717) is 10.0 Å². The van der Waals surface area contributed by atoms with Crippen molar-refractivity contribution in [2.75, 3.05) is 0 Å². The molecule has 9 heteroatoms. The number of amides is 1. The number of aryl methyl sites for hydroxylation is 1. The molecule has 0 atom stereocenters. The lowest BCUT2D eigenvalue weighted by Crippen LogP contribution is -2.19. The molecule has 1 heterocycles. The van der Waals surface area contributed by atoms with E-state index in [1.165, 1.54) is 31.3 Å². The van der Waals surface area contributed by atoms with Crippen LogP contribution in [0, 0.1) is 30.9 Å². The zero-order valence-corrected chi connectivity index (χ0v) is 18.0. The predicted octanol–water partition coefficient (Wildman–Crippen LogP) is 5.38. The zero-order valence-electron chi connectivity index (χ0n) is 16.4. The minimum atomic E-state index is -0.526. The molecule has 0 saturated carbocycles. The summed E-state index contributed by atoms with van der Waals surface area (Å²) < 4.78 is 1.96. The largest absolute Gasteiger partial charge is 0.316 e. The molecule has 3 rings (SSSR count). The third-order valence-electron chi connectivity index (χ3n) is 4.74. The summed E-state index contributed by atoms with van der Waals surface area (Å²) >= 11 is 12.3. The number of benzene rings is 2. The van der Waals surface area contributed by atoms with E-state index >= 15 is 0 Å². The lowest BCUT2D eigenvalue weighted by Gasteiger charge is -2.11. The summed E-state index contributed by atoms with van der Waals surface area (Å²) in [7, 11) is 0. The number of nitro groups is 1. The molecule has 0 radical (unpaired) electrons. The number of carbonyl (C=O) groups excluding carboxylic acids is 1. The number of rotatable bonds is 5. The number of hydrogen-bond acceptors (Lipinski definition) is 4. The van der Waals surface area contributed by atoms with Gasteiger partial charge in [0.2, 0.25) is 0 Å². The van der Waals surface area contributed by atoms with E-state index in [9.17, 15) is 14.9 Å². The fourth-order valence-corrected chi connectivity index (χ4v) is 3.73. The Kier molecular flexibility index (Phi) is 6.24. The van der Waals surface area contributed by atoms with Gasteiger partial charge in [0.1, 0.15) is 0 Å². The molecule has 0 aliphatic heterocycles. The molecule has 0 spiro atoms. The Morgan fingerprint density at radius 1 is 1.17 bits per heavy atom. The van der Waals surface area contributed by atoms with Gasteiger partial charge in [-0.05, 0) is 51.1 Å². The molecule has 2 aromatic carbocycles. The molecule has 0 bridgehead atoms. The van der Waals surface area contributed by atoms with Gasteiger partial charge in [-0.15, -0.1) is 0 Å². The zero-order chi connectivity index (χ0) is 22.0. The van der Waals surface area contributed by atoms with E-state index in [4.69, 9.17) is 23.2 Å². The molecule has 0 aliphatic carbocycles. The second-order valence-corrected chi connectivity index (χ2v) is 7.51. The second-order valence-electron chi connectivity index (χ2n) is 6.66. The summed E-state index contributed by atoms with van der Waals surface area (Å²) in [6.07, 6.45) is 1.52. The van der Waals surface area contributed by atoms with Gasteiger partial charge in [0.05, 0.1) is 27.4 Å². The molecular weight excluding hydrogens is 427 g/mol. The summed E-state index contributed by atoms with van der Waals surface area (Å²) in [5.74, 6) is -0.526. The quantitative estimate of drug-likeness (QED) is 0.325. The van der Waals surface area contributed by atoms with Gasteiger partial charge in [-0.25, -0.2) is 5.43 Å². The molecule has 0 fully saturated rings. The number of hydrazone groups is 1. The topological polar surface area (TPSA) is 89.5 Å². The molecule has 154 valence electrons. The van der Waals surface area contributed by atoms with E-state index in [2.05, 4.69) is 10.5 Å². The van der Waals surface area contributed by atoms with Crippen molar-refractivity contribution in [2.45, 2.75) is 20.8 Å². The maximum atomic E-state index is 12.4. The smallest absolute Gasteiger partial charge is 0.273 e. The van der Waals surface area contributed by atoms with E-state index in [1.54, 1.807) is 12.1 Å². The third-order valence-corrected chi connectivity index (χ3v) is 5.27. The van der Waals surface area contributed by atoms with Crippen molar-refractivity contribution in [3.8, 4) is 5.69 Å². The standard InChI is InChI=1S/C21H18Cl2N4O3/c1-12-9-15(14(3)26(12)20-8-7-16(22)10-18(20)23)11-24-25-21(28)17-5-4-6-19(13(17)2)27(29)30/h4-11H,1-3H3,(H,25,28)/b24-11+. The second kappa shape index (κ2) is 8.69. The number of nitrogens with zero attached hydrogens (tertiary/aromatic N) is 3. The van der Waals surface area contributed by atoms with E-state index in [-0.39, 0.29) is 16.8 Å². The van der Waals surface area contributed by atoms with Gasteiger partial charge in [-0.2, -0.15) is 5.10 Å². The van der Waals surface area contributed by atoms with Gasteiger partial charge < -0.3 is 4.57 Å². The average molecular weight is 445 g/mol. The fraction of sp³-hybridized carbons (Fsp3) is 0.143. The third kappa shape index (κ3) is 4.22. The highest BCUT2D eigenvalue weighted by atomic mass is 35.5. The molecule has 1 amide bonds. The number of aromatic nitrogens is 1. The van der Waals surface area contributed by atoms with Crippen molar-refractivity contribution >= 4 is 41.0 Å². The first kappa shape index (κ1) is 21.5. The average Bonchev–Trinajstić information content (AvgIpc) is 2.95. The lowest BCUT2D eigenvalue weighted by molar-refractivity contribution is -0.385. The van der Waals surface area contributed by atoms with Crippen molar-refractivity contribution in [3.63, 3.8) is 0 Å². The first-order valence-electron chi connectivity index (χ1n) is 8.92. The number of carbonyl (C=O) groups is 1. The maximum absolute atomic E-state index is 12.4. The van der Waals surface area contributed by atoms with Crippen LogP contribution in [0.5, 0.6) is 0 Å². The fourth-order valence-electron chi connectivity index (χ4n) is 3.24. The Bertz CT molecular complexity index is 1190. The van der Waals surface area contributed by atoms with Crippen molar-refractivity contribution in [1.82, 2.24) is 9.99 Å². The van der Waals surface area contributed by atoms with Crippen molar-refractivity contribution in [1.29, 1.82) is 0 Å². The van der Waals surface area contributed by atoms with Gasteiger partial charge in [-0.3, -0.25) is 14.9 Å². The maximum Gasteiger partial charge on any atom is 0.273 e. The highest BCUT2D eigenvalue weighted by Gasteiger charge is 2.18. The van der Waals surface area contributed by atoms with Gasteiger partial charge in [-0.1, -0.05) is 29.3 Å². The normalized spacial score (nSPS) is 11.1. The Balaban J connectivity index is 1.84. The first-order valence-corrected chi connectivity index (χ1v) is 9.68. The van der Waals surface area contributed by atoms with E-state index in [0.717, 1.165) is 22.6 Å². The molecule has 0 unspecified atom stereocenters. The van der Waals surface area contributed by atoms with Gasteiger partial charge >= 0.3 is 0 Å². The lowest BCUT2D eigenvalue weighted by atomic mass is 10.1. The highest BCUT2D eigenvalue weighted by molar-refractivity contribution is 6.35. The number of nitrogens with one attached hydrogen (secondary N) is 1. The van der Waals surface area contributed by atoms with Gasteiger partial charge in [0, 0.05) is 33.6 Å². The molecule has 1 aromatic heterocycles. The van der Waals surface area contributed by atoms with Crippen LogP contribution in [0.2, 0.25) is 10.0 Å². The SMILES string of the molecule is Cc1c(C(=O)N/N=C/c2cc(C)n(-c3ccc(Cl)cc3Cl)c2C)cccc1[N+](=O)[O-]. The molecule has 30 heavy (non-hydrogen) atoms. The molecule has 3 aromatic rings. The van der Waals surface area contributed by atoms with E-state index in [1.807, 2.05) is 30.5 Å². The van der Waals surface area contributed by atoms with Crippen molar-refractivity contribution < 1.29 is 9.72 Å². The number of nitro benzene ring substituents is 1. The highest BCUT2D eigenvalue weighted by Crippen LogP contribution is 2.28. The molecule has 0 saturated heterocycles. The van der Waals surface area contributed by atoms with E-state index < -0.39 is 10.8 Å². The Labute approximate surface area is 183 Å². The first-order chi connectivity index (χ1) is 14.2. The Morgan fingerprint density at radius 3 is 2.57 bits per heavy atom.